The van der Waals surface area contributed by atoms with Crippen molar-refractivity contribution < 1.29 is 69.2 Å². The number of ether oxygens (including phenoxy) is 3. The molecule has 3 N–H and O–H groups in total. The van der Waals surface area contributed by atoms with Gasteiger partial charge in [0.2, 0.25) is 17.7 Å². The highest BCUT2D eigenvalue weighted by Crippen LogP contribution is 2.41. The van der Waals surface area contributed by atoms with Gasteiger partial charge in [-0.15, -0.1) is 11.3 Å². The second-order valence-electron chi connectivity index (χ2n) is 19.3. The van der Waals surface area contributed by atoms with Gasteiger partial charge in [0.25, 0.3) is 5.91 Å². The van der Waals surface area contributed by atoms with Crippen LogP contribution in [0.3, 0.4) is 0 Å². The number of aliphatic hydroxyl groups is 1. The number of carbonyl (C=O) groups is 4. The Hall–Kier alpha value is -6.26. The van der Waals surface area contributed by atoms with Crippen LogP contribution in [0.1, 0.15) is 69.8 Å². The molecule has 3 heterocycles. The number of anilines is 2. The maximum Gasteiger partial charge on any atom is 0.417 e. The van der Waals surface area contributed by atoms with E-state index < -0.39 is 108 Å². The van der Waals surface area contributed by atoms with E-state index in [4.69, 9.17) is 26.4 Å². The number of nitrogens with one attached hydrogen (secondary N) is 2. The number of rotatable bonds is 20. The summed E-state index contributed by atoms with van der Waals surface area (Å²) < 4.78 is 115. The molecule has 2 aliphatic rings. The molecule has 3 aromatic carbocycles. The molecule has 4 aromatic rings. The molecule has 0 spiro atoms. The number of likely N-dealkylation sites (tertiary alicyclic amines) is 1. The first-order valence-corrected chi connectivity index (χ1v) is 24.3. The Kier molecular flexibility index (Phi) is 17.5. The van der Waals surface area contributed by atoms with Crippen LogP contribution in [0.25, 0.3) is 10.4 Å². The molecule has 15 nitrogen and oxygen atoms in total. The Bertz CT molecular complexity index is 2750. The first-order chi connectivity index (χ1) is 34.6. The van der Waals surface area contributed by atoms with Gasteiger partial charge in [-0.3, -0.25) is 24.1 Å². The van der Waals surface area contributed by atoms with Crippen LogP contribution >= 0.6 is 23.6 Å². The maximum absolute atomic E-state index is 14.8. The number of alkyl halides is 7. The van der Waals surface area contributed by atoms with Gasteiger partial charge in [0.1, 0.15) is 36.6 Å². The van der Waals surface area contributed by atoms with E-state index in [9.17, 15) is 60.3 Å². The number of amides is 4. The highest BCUT2D eigenvalue weighted by Gasteiger charge is 2.57. The van der Waals surface area contributed by atoms with Crippen molar-refractivity contribution in [1.29, 1.82) is 5.26 Å². The molecule has 398 valence electrons. The van der Waals surface area contributed by atoms with E-state index in [2.05, 4.69) is 15.6 Å². The van der Waals surface area contributed by atoms with Crippen molar-refractivity contribution in [2.75, 3.05) is 49.4 Å². The standard InChI is InChI=1S/C50H54F7N7O8S2/c1-29-40(74-28-60-29)31-10-8-30(9-11-31)23-59-42(67)38-21-35(65)24-62(38)43(68)41(46(2,3)4)61-39(66)25-70-18-7-19-71-26-48(51,52)49(53,54)27-72-36-16-14-33(15-17-36)64-45(73)63(44(69)47(64,5)6)34-13-12-32(22-58)37(20-34)50(55,56)57/h8-17,20,28,35,38,41,65H,7,18-19,21,23-27H2,1-6H3,(H,59,67)(H,61,66). The van der Waals surface area contributed by atoms with E-state index in [-0.39, 0.29) is 54.8 Å². The fraction of sp³-hybridized carbons (Fsp3) is 0.460. The highest BCUT2D eigenvalue weighted by molar-refractivity contribution is 7.81. The van der Waals surface area contributed by atoms with Crippen molar-refractivity contribution in [2.45, 2.75) is 103 Å². The summed E-state index contributed by atoms with van der Waals surface area (Å²) in [5.74, 6) is -12.2. The summed E-state index contributed by atoms with van der Waals surface area (Å²) in [5, 5.41) is 24.9. The Morgan fingerprint density at radius 1 is 0.946 bits per heavy atom. The number of β-amino-alcohol motifs (C(OH)–C–C–N with tert-alkyl or cyclic N) is 1. The third kappa shape index (κ3) is 13.0. The number of thiocarbonyl (C=S) groups is 1. The molecule has 0 aliphatic carbocycles. The van der Waals surface area contributed by atoms with Gasteiger partial charge in [0.05, 0.1) is 45.1 Å². The number of benzene rings is 3. The molecular weight excluding hydrogens is 1020 g/mol. The van der Waals surface area contributed by atoms with E-state index >= 15 is 0 Å². The molecule has 3 unspecified atom stereocenters. The zero-order valence-corrected chi connectivity index (χ0v) is 42.7. The van der Waals surface area contributed by atoms with Crippen LogP contribution in [-0.4, -0.2) is 119 Å². The quantitative estimate of drug-likeness (QED) is 0.0444. The molecule has 4 amide bonds. The minimum atomic E-state index is -4.91. The number of carbonyl (C=O) groups excluding carboxylic acids is 4. The summed E-state index contributed by atoms with van der Waals surface area (Å²) in [4.78, 5) is 62.5. The van der Waals surface area contributed by atoms with Gasteiger partial charge >= 0.3 is 18.0 Å². The van der Waals surface area contributed by atoms with Gasteiger partial charge < -0.3 is 39.8 Å². The molecule has 0 radical (unpaired) electrons. The van der Waals surface area contributed by atoms with Crippen molar-refractivity contribution in [3.05, 3.63) is 94.6 Å². The molecule has 0 bridgehead atoms. The molecule has 1 aromatic heterocycles. The van der Waals surface area contributed by atoms with Crippen molar-refractivity contribution in [3.63, 3.8) is 0 Å². The number of aliphatic hydroxyl groups excluding tert-OH is 1. The van der Waals surface area contributed by atoms with Crippen molar-refractivity contribution in [1.82, 2.24) is 20.5 Å². The predicted molar refractivity (Wildman–Crippen MR) is 263 cm³/mol. The van der Waals surface area contributed by atoms with Crippen molar-refractivity contribution in [2.24, 2.45) is 5.41 Å². The number of hydrogen-bond donors (Lipinski definition) is 3. The van der Waals surface area contributed by atoms with Crippen LogP contribution in [0, 0.1) is 23.7 Å². The summed E-state index contributed by atoms with van der Waals surface area (Å²) >= 11 is 7.01. The summed E-state index contributed by atoms with van der Waals surface area (Å²) in [6, 6.07) is 14.5. The molecular formula is C50H54F7N7O8S2. The van der Waals surface area contributed by atoms with Crippen LogP contribution in [0.2, 0.25) is 0 Å². The normalized spacial score (nSPS) is 17.6. The summed E-state index contributed by atoms with van der Waals surface area (Å²) in [7, 11) is 0. The zero-order valence-electron chi connectivity index (χ0n) is 41.0. The molecule has 24 heteroatoms. The van der Waals surface area contributed by atoms with E-state index in [0.29, 0.717) is 6.07 Å². The van der Waals surface area contributed by atoms with Gasteiger partial charge in [0, 0.05) is 38.4 Å². The predicted octanol–water partition coefficient (Wildman–Crippen LogP) is 7.81. The van der Waals surface area contributed by atoms with Gasteiger partial charge in [-0.25, -0.2) is 4.98 Å². The minimum absolute atomic E-state index is 0.0143. The summed E-state index contributed by atoms with van der Waals surface area (Å²) in [5.41, 5.74) is 0.151. The smallest absolute Gasteiger partial charge is 0.417 e. The lowest BCUT2D eigenvalue weighted by molar-refractivity contribution is -0.242. The monoisotopic (exact) mass is 1080 g/mol. The highest BCUT2D eigenvalue weighted by atomic mass is 32.1. The molecule has 3 atom stereocenters. The summed E-state index contributed by atoms with van der Waals surface area (Å²) in [6.07, 6.45) is -6.00. The Morgan fingerprint density at radius 2 is 1.58 bits per heavy atom. The van der Waals surface area contributed by atoms with Crippen LogP contribution in [0.4, 0.5) is 42.1 Å². The fourth-order valence-electron chi connectivity index (χ4n) is 8.15. The third-order valence-corrected chi connectivity index (χ3v) is 13.6. The van der Waals surface area contributed by atoms with Gasteiger partial charge in [0.15, 0.2) is 11.7 Å². The molecule has 6 rings (SSSR count). The summed E-state index contributed by atoms with van der Waals surface area (Å²) in [6.45, 7) is 5.25. The number of aryl methyl sites for hydroxylation is 1. The Balaban J connectivity index is 0.928. The molecule has 0 saturated carbocycles. The molecule has 2 saturated heterocycles. The second-order valence-corrected chi connectivity index (χ2v) is 20.5. The topological polar surface area (TPSA) is 187 Å². The van der Waals surface area contributed by atoms with E-state index in [0.717, 1.165) is 50.9 Å². The number of aromatic nitrogens is 1. The number of nitriles is 1. The van der Waals surface area contributed by atoms with E-state index in [1.165, 1.54) is 53.2 Å². The van der Waals surface area contributed by atoms with Gasteiger partial charge in [-0.2, -0.15) is 36.0 Å². The number of nitrogens with zero attached hydrogens (tertiary/aromatic N) is 5. The molecule has 2 aliphatic heterocycles. The third-order valence-electron chi connectivity index (χ3n) is 12.2. The van der Waals surface area contributed by atoms with Crippen LogP contribution < -0.4 is 25.2 Å². The van der Waals surface area contributed by atoms with Crippen molar-refractivity contribution in [3.8, 4) is 22.3 Å². The number of halogens is 7. The lowest BCUT2D eigenvalue weighted by atomic mass is 9.85. The van der Waals surface area contributed by atoms with Crippen LogP contribution in [0.5, 0.6) is 5.75 Å². The van der Waals surface area contributed by atoms with Crippen LogP contribution in [0.15, 0.2) is 72.2 Å². The minimum Gasteiger partial charge on any atom is -0.487 e. The molecule has 74 heavy (non-hydrogen) atoms. The van der Waals surface area contributed by atoms with Gasteiger partial charge in [-0.05, 0) is 98.4 Å². The lowest BCUT2D eigenvalue weighted by Crippen LogP contribution is -2.58. The average molecular weight is 1080 g/mol. The molecule has 2 fully saturated rings. The largest absolute Gasteiger partial charge is 0.487 e. The average Bonchev–Trinajstić information content (AvgIpc) is 4.00. The SMILES string of the molecule is Cc1ncsc1-c1ccc(CNC(=O)C2CC(O)CN2C(=O)C(NC(=O)COCCCOCC(F)(F)C(F)(F)COc2ccc(N3C(=S)N(c4ccc(C#N)c(C(F)(F)F)c4)C(=O)C3(C)C)cc2)C(C)(C)C)cc1. The Morgan fingerprint density at radius 3 is 2.19 bits per heavy atom. The number of hydrogen-bond acceptors (Lipinski definition) is 12. The maximum atomic E-state index is 14.8. The second kappa shape index (κ2) is 22.7. The zero-order chi connectivity index (χ0) is 54.6. The van der Waals surface area contributed by atoms with E-state index in [1.54, 1.807) is 26.3 Å². The number of thiazole rings is 1. The van der Waals surface area contributed by atoms with E-state index in [1.807, 2.05) is 31.2 Å². The fourth-order valence-corrected chi connectivity index (χ4v) is 9.48. The first kappa shape index (κ1) is 57.0. The lowest BCUT2D eigenvalue weighted by Gasteiger charge is -2.35. The van der Waals surface area contributed by atoms with Gasteiger partial charge in [-0.1, -0.05) is 45.0 Å². The van der Waals surface area contributed by atoms with Crippen molar-refractivity contribution >= 4 is 63.7 Å². The first-order valence-electron chi connectivity index (χ1n) is 23.1. The van der Waals surface area contributed by atoms with Crippen LogP contribution in [-0.2, 0) is 41.4 Å². The Labute approximate surface area is 431 Å².